The summed E-state index contributed by atoms with van der Waals surface area (Å²) < 4.78 is 14.8. The monoisotopic (exact) mass is 1110 g/mol. The summed E-state index contributed by atoms with van der Waals surface area (Å²) in [6.07, 6.45) is -12.8. The van der Waals surface area contributed by atoms with Crippen LogP contribution in [0.15, 0.2) is 70.6 Å². The van der Waals surface area contributed by atoms with E-state index in [-0.39, 0.29) is 23.9 Å². The molecule has 25 heteroatoms. The Morgan fingerprint density at radius 3 is 1.25 bits per heavy atom. The van der Waals surface area contributed by atoms with E-state index in [0.29, 0.717) is 22.4 Å². The van der Waals surface area contributed by atoms with Crippen molar-refractivity contribution in [3.8, 4) is 11.5 Å². The van der Waals surface area contributed by atoms with Gasteiger partial charge in [-0.15, -0.1) is 12.4 Å². The van der Waals surface area contributed by atoms with Crippen LogP contribution in [0.2, 0.25) is 0 Å². The number of phenolic OH excluding ortho intramolecular Hbond substituents is 2. The predicted molar refractivity (Wildman–Crippen MR) is 221 cm³/mol. The molecule has 63 heavy (non-hydrogen) atoms. The summed E-state index contributed by atoms with van der Waals surface area (Å²) in [4.78, 5) is 16.6. The number of aromatic hydroxyl groups is 2. The van der Waals surface area contributed by atoms with Crippen LogP contribution in [0.4, 0.5) is 0 Å². The molecule has 0 bridgehead atoms. The van der Waals surface area contributed by atoms with Crippen LogP contribution < -0.4 is 5.73 Å². The van der Waals surface area contributed by atoms with Gasteiger partial charge in [0.1, 0.15) is 89.6 Å². The van der Waals surface area contributed by atoms with Crippen LogP contribution >= 0.6 is 21.8 Å². The number of benzene rings is 2. The number of ether oxygens (including phenoxy) is 3. The zero-order valence-corrected chi connectivity index (χ0v) is 36.5. The molecule has 0 amide bonds. The van der Waals surface area contributed by atoms with Gasteiger partial charge in [-0.25, -0.2) is 9.97 Å². The van der Waals surface area contributed by atoms with E-state index >= 15 is 0 Å². The molecule has 3 saturated heterocycles. The third-order valence-electron chi connectivity index (χ3n) is 9.88. The molecule has 16 N–H and O–H groups in total. The van der Waals surface area contributed by atoms with Crippen molar-refractivity contribution in [3.05, 3.63) is 72.1 Å². The van der Waals surface area contributed by atoms with Crippen LogP contribution in [0.5, 0.6) is 11.5 Å². The van der Waals surface area contributed by atoms with E-state index in [4.69, 9.17) is 40.4 Å². The number of aliphatic hydroxyl groups is 12. The summed E-state index contributed by atoms with van der Waals surface area (Å²) in [7, 11) is 4.61. The summed E-state index contributed by atoms with van der Waals surface area (Å²) in [5, 5.41) is 135. The fourth-order valence-corrected chi connectivity index (χ4v) is 6.37. The number of fused-ring (bicyclic) bond motifs is 2. The number of pyridine rings is 2. The average Bonchev–Trinajstić information content (AvgIpc) is 3.28. The Morgan fingerprint density at radius 2 is 0.889 bits per heavy atom. The molecular formula is C38H50Cl2N5O17Pt. The number of aliphatic imine (C=N–C) groups is 2. The number of rotatable bonds is 7. The Kier molecular flexibility index (Phi) is 21.9. The molecule has 0 radical (unpaired) electrons. The van der Waals surface area contributed by atoms with Crippen molar-refractivity contribution in [2.24, 2.45) is 15.7 Å². The Bertz CT molecular complexity index is 1950. The van der Waals surface area contributed by atoms with Gasteiger partial charge < -0.3 is 91.4 Å². The zero-order chi connectivity index (χ0) is 45.8. The fraction of sp³-hybridized carbons (Fsp3) is 0.474. The van der Waals surface area contributed by atoms with Crippen LogP contribution in [0.3, 0.4) is 0 Å². The maximum atomic E-state index is 10.0. The summed E-state index contributed by atoms with van der Waals surface area (Å²) in [5.41, 5.74) is 6.88. The summed E-state index contributed by atoms with van der Waals surface area (Å²) in [6.45, 7) is -1.53. The molecule has 4 aromatic rings. The maximum absolute atomic E-state index is 10.0. The van der Waals surface area contributed by atoms with E-state index in [9.17, 15) is 51.1 Å². The van der Waals surface area contributed by atoms with Gasteiger partial charge in [-0.3, -0.25) is 9.98 Å². The summed E-state index contributed by atoms with van der Waals surface area (Å²) in [6, 6.07) is 13.6. The molecule has 15 atom stereocenters. The van der Waals surface area contributed by atoms with Crippen molar-refractivity contribution in [2.75, 3.05) is 19.8 Å². The molecule has 9 unspecified atom stereocenters. The minimum atomic E-state index is -1.47. The normalized spacial score (nSPS) is 33.0. The number of hydrogen-bond donors (Lipinski definition) is 15. The molecule has 7 rings (SSSR count). The Hall–Kier alpha value is -3.17. The summed E-state index contributed by atoms with van der Waals surface area (Å²) in [5.74, 6) is 0.0649. The van der Waals surface area contributed by atoms with Crippen LogP contribution in [0, 0.1) is 0 Å². The molecule has 2 aromatic carbocycles. The topological polar surface area (TPSA) is 387 Å². The van der Waals surface area contributed by atoms with Gasteiger partial charge in [-0.05, 0) is 24.3 Å². The average molecular weight is 1110 g/mol. The first-order valence-electron chi connectivity index (χ1n) is 18.6. The van der Waals surface area contributed by atoms with Crippen LogP contribution in [-0.2, 0) is 33.0 Å². The molecule has 22 nitrogen and oxygen atoms in total. The third-order valence-corrected chi connectivity index (χ3v) is 9.88. The Labute approximate surface area is 380 Å². The van der Waals surface area contributed by atoms with E-state index in [1.165, 1.54) is 24.6 Å². The molecule has 5 heterocycles. The van der Waals surface area contributed by atoms with E-state index in [0.717, 1.165) is 10.8 Å². The van der Waals surface area contributed by atoms with Crippen molar-refractivity contribution < 1.29 is 104 Å². The predicted octanol–water partition coefficient (Wildman–Crippen LogP) is -3.83. The molecule has 0 spiro atoms. The second kappa shape index (κ2) is 25.5. The molecule has 353 valence electrons. The van der Waals surface area contributed by atoms with Gasteiger partial charge in [0.2, 0.25) is 0 Å². The zero-order valence-electron chi connectivity index (χ0n) is 32.7. The number of para-hydroxylation sites is 2. The van der Waals surface area contributed by atoms with Crippen molar-refractivity contribution in [2.45, 2.75) is 91.9 Å². The number of aromatic nitrogens is 2. The Balaban J connectivity index is 0.000000258. The number of phenols is 2. The second-order valence-electron chi connectivity index (χ2n) is 14.0. The second-order valence-corrected chi connectivity index (χ2v) is 14.0. The van der Waals surface area contributed by atoms with Crippen LogP contribution in [0.1, 0.15) is 11.4 Å². The SMILES string of the molecule is Cl.NC1C(O)OC(CO)[C@@H](O)[C@@H]1O.OCC1OC(O)C(N=Cc2ccc3cccc(O)c3n2)[C@@H](O)[C@@H]1O.OCC1OC(O)C(N=Cc2ccc3cccc(O)c3n2)[C@@H](O)[C@@H]1O.[Cl][Pt]. The van der Waals surface area contributed by atoms with E-state index in [1.807, 2.05) is 0 Å². The van der Waals surface area contributed by atoms with Gasteiger partial charge in [0.05, 0.1) is 37.3 Å². The fourth-order valence-electron chi connectivity index (χ4n) is 6.37. The standard InChI is InChI=1S/2C16H18N2O6.C6H13NO5.2ClH.Pt/c2*19-7-11-14(21)15(22)13(16(23)24-11)17-6-9-5-4-8-2-1-3-10(20)12(8)18-9;7-3-5(10)4(9)2(1-8)12-6(3)11;;;/h2*1-6,11,13-16,19-23H,7H2;2-6,8-11H,1,7H2;2*1H;/q;;;;;+1/p-1/t2*11?,13?,14-,15-,16?;2?,3?,4-,5-,6?;;;/m111.../s1. The van der Waals surface area contributed by atoms with Crippen molar-refractivity contribution in [1.29, 1.82) is 0 Å². The van der Waals surface area contributed by atoms with Crippen molar-refractivity contribution >= 4 is 56.1 Å². The molecule has 3 aliphatic heterocycles. The van der Waals surface area contributed by atoms with Gasteiger partial charge in [0.15, 0.2) is 18.9 Å². The van der Waals surface area contributed by atoms with Gasteiger partial charge in [-0.1, -0.05) is 36.4 Å². The first-order chi connectivity index (χ1) is 29.6. The Morgan fingerprint density at radius 1 is 0.540 bits per heavy atom. The molecule has 3 aliphatic rings. The first-order valence-corrected chi connectivity index (χ1v) is 21.4. The summed E-state index contributed by atoms with van der Waals surface area (Å²) >= 11 is 1.61. The number of nitrogens with zero attached hydrogens (tertiary/aromatic N) is 4. The van der Waals surface area contributed by atoms with E-state index in [2.05, 4.69) is 29.4 Å². The third kappa shape index (κ3) is 13.5. The molecule has 3 fully saturated rings. The molecule has 0 aliphatic carbocycles. The minimum absolute atomic E-state index is 0. The first kappa shape index (κ1) is 54.2. The van der Waals surface area contributed by atoms with Gasteiger partial charge in [0.25, 0.3) is 0 Å². The quantitative estimate of drug-likeness (QED) is 0.0789. The number of hydrogen-bond acceptors (Lipinski definition) is 22. The molecule has 2 aromatic heterocycles. The molecular weight excluding hydrogens is 1060 g/mol. The van der Waals surface area contributed by atoms with Gasteiger partial charge >= 0.3 is 28.2 Å². The van der Waals surface area contributed by atoms with Crippen molar-refractivity contribution in [3.63, 3.8) is 0 Å². The van der Waals surface area contributed by atoms with Crippen LogP contribution in [0.25, 0.3) is 21.8 Å². The van der Waals surface area contributed by atoms with Crippen LogP contribution in [-0.4, -0.2) is 206 Å². The number of nitrogens with two attached hydrogens (primary N) is 1. The number of aliphatic hydroxyl groups excluding tert-OH is 12. The number of halogens is 2. The van der Waals surface area contributed by atoms with E-state index in [1.54, 1.807) is 67.3 Å². The van der Waals surface area contributed by atoms with Crippen molar-refractivity contribution in [1.82, 2.24) is 9.97 Å². The van der Waals surface area contributed by atoms with Gasteiger partial charge in [-0.2, -0.15) is 0 Å². The van der Waals surface area contributed by atoms with E-state index < -0.39 is 112 Å². The van der Waals surface area contributed by atoms with Gasteiger partial charge in [0, 0.05) is 23.2 Å². The molecule has 0 saturated carbocycles.